The quantitative estimate of drug-likeness (QED) is 0.396. The van der Waals surface area contributed by atoms with E-state index < -0.39 is 6.10 Å². The molecule has 1 aliphatic heterocycles. The molecule has 0 unspecified atom stereocenters. The van der Waals surface area contributed by atoms with E-state index in [1.807, 2.05) is 25.1 Å². The van der Waals surface area contributed by atoms with Crippen LogP contribution in [0.2, 0.25) is 0 Å². The van der Waals surface area contributed by atoms with Crippen molar-refractivity contribution in [1.82, 2.24) is 19.9 Å². The van der Waals surface area contributed by atoms with Crippen LogP contribution >= 0.6 is 0 Å². The van der Waals surface area contributed by atoms with Gasteiger partial charge in [-0.2, -0.15) is 0 Å². The molecule has 31 heavy (non-hydrogen) atoms. The Morgan fingerprint density at radius 3 is 2.94 bits per heavy atom. The van der Waals surface area contributed by atoms with Gasteiger partial charge in [0.2, 0.25) is 0 Å². The Hall–Kier alpha value is -2.90. The smallest absolute Gasteiger partial charge is 0.326 e. The van der Waals surface area contributed by atoms with Crippen molar-refractivity contribution in [1.29, 1.82) is 0 Å². The maximum atomic E-state index is 13.7. The van der Waals surface area contributed by atoms with Crippen LogP contribution in [0.3, 0.4) is 0 Å². The monoisotopic (exact) mass is 422 g/mol. The van der Waals surface area contributed by atoms with Crippen LogP contribution in [-0.2, 0) is 13.0 Å². The second-order valence-electron chi connectivity index (χ2n) is 8.69. The van der Waals surface area contributed by atoms with E-state index in [0.717, 1.165) is 51.6 Å². The SMILES string of the molecule is Cc1[nH]c2ccc(F)cc2c1CC[C@@H](C)N[C@@H]1CCn2c(=O)[nH]c3cccc(c32)[C@H]1O. The van der Waals surface area contributed by atoms with Crippen LogP contribution in [0.25, 0.3) is 21.9 Å². The first kappa shape index (κ1) is 20.0. The van der Waals surface area contributed by atoms with Crippen LogP contribution < -0.4 is 11.0 Å². The van der Waals surface area contributed by atoms with Crippen LogP contribution in [0.1, 0.15) is 42.7 Å². The molecule has 5 rings (SSSR count). The van der Waals surface area contributed by atoms with Crippen molar-refractivity contribution in [2.75, 3.05) is 0 Å². The number of hydrogen-bond donors (Lipinski definition) is 4. The van der Waals surface area contributed by atoms with Gasteiger partial charge < -0.3 is 20.4 Å². The lowest BCUT2D eigenvalue weighted by atomic mass is 9.97. The number of aliphatic hydroxyl groups is 1. The van der Waals surface area contributed by atoms with Crippen molar-refractivity contribution in [2.24, 2.45) is 0 Å². The molecule has 0 saturated carbocycles. The number of rotatable bonds is 5. The first-order valence-electron chi connectivity index (χ1n) is 10.8. The number of nitrogens with zero attached hydrogens (tertiary/aromatic N) is 1. The maximum Gasteiger partial charge on any atom is 0.326 e. The van der Waals surface area contributed by atoms with Crippen LogP contribution in [0.5, 0.6) is 0 Å². The number of H-pyrrole nitrogens is 2. The van der Waals surface area contributed by atoms with E-state index in [4.69, 9.17) is 0 Å². The lowest BCUT2D eigenvalue weighted by molar-refractivity contribution is 0.119. The third-order valence-corrected chi connectivity index (χ3v) is 6.59. The summed E-state index contributed by atoms with van der Waals surface area (Å²) < 4.78 is 15.5. The van der Waals surface area contributed by atoms with Gasteiger partial charge in [0.1, 0.15) is 5.82 Å². The summed E-state index contributed by atoms with van der Waals surface area (Å²) in [4.78, 5) is 18.5. The molecule has 4 N–H and O–H groups in total. The number of nitrogens with one attached hydrogen (secondary N) is 3. The minimum absolute atomic E-state index is 0.134. The predicted octanol–water partition coefficient (Wildman–Crippen LogP) is 3.68. The molecule has 0 spiro atoms. The fourth-order valence-electron chi connectivity index (χ4n) is 5.00. The molecule has 3 heterocycles. The normalized spacial score (nSPS) is 19.7. The number of imidazole rings is 1. The highest BCUT2D eigenvalue weighted by Gasteiger charge is 2.29. The number of aromatic amines is 2. The van der Waals surface area contributed by atoms with Crippen molar-refractivity contribution in [3.05, 3.63) is 69.5 Å². The van der Waals surface area contributed by atoms with Crippen LogP contribution in [0.4, 0.5) is 4.39 Å². The zero-order valence-corrected chi connectivity index (χ0v) is 17.7. The van der Waals surface area contributed by atoms with E-state index in [9.17, 15) is 14.3 Å². The van der Waals surface area contributed by atoms with Crippen molar-refractivity contribution in [2.45, 2.75) is 57.8 Å². The van der Waals surface area contributed by atoms with Gasteiger partial charge in [-0.1, -0.05) is 12.1 Å². The highest BCUT2D eigenvalue weighted by Crippen LogP contribution is 2.30. The summed E-state index contributed by atoms with van der Waals surface area (Å²) >= 11 is 0. The average Bonchev–Trinajstić information content (AvgIpc) is 3.18. The van der Waals surface area contributed by atoms with Gasteiger partial charge >= 0.3 is 5.69 Å². The Morgan fingerprint density at radius 1 is 1.26 bits per heavy atom. The molecular weight excluding hydrogens is 395 g/mol. The van der Waals surface area contributed by atoms with Gasteiger partial charge in [-0.05, 0) is 62.9 Å². The standard InChI is InChI=1S/C24H27FN4O2/c1-13(6-8-16-14(2)27-19-9-7-15(25)12-18(16)19)26-21-10-11-29-22-17(23(21)30)4-3-5-20(22)28-24(29)31/h3-5,7,9,12-13,21,23,26-27,30H,6,8,10-11H2,1-2H3,(H,28,31)/t13-,21-,23-/m1/s1. The first-order chi connectivity index (χ1) is 14.9. The number of para-hydroxylation sites is 1. The van der Waals surface area contributed by atoms with E-state index >= 15 is 0 Å². The van der Waals surface area contributed by atoms with E-state index in [2.05, 4.69) is 22.2 Å². The molecule has 4 aromatic rings. The van der Waals surface area contributed by atoms with Crippen molar-refractivity contribution < 1.29 is 9.50 Å². The summed E-state index contributed by atoms with van der Waals surface area (Å²) in [6.45, 7) is 4.68. The lowest BCUT2D eigenvalue weighted by Crippen LogP contribution is -2.41. The van der Waals surface area contributed by atoms with Gasteiger partial charge in [0.05, 0.1) is 17.1 Å². The van der Waals surface area contributed by atoms with E-state index in [1.54, 1.807) is 16.7 Å². The number of halogens is 1. The summed E-state index contributed by atoms with van der Waals surface area (Å²) in [5.41, 5.74) is 5.36. The zero-order valence-electron chi connectivity index (χ0n) is 17.7. The predicted molar refractivity (Wildman–Crippen MR) is 120 cm³/mol. The van der Waals surface area contributed by atoms with Gasteiger partial charge in [0, 0.05) is 40.8 Å². The van der Waals surface area contributed by atoms with Gasteiger partial charge in [-0.25, -0.2) is 9.18 Å². The molecule has 0 radical (unpaired) electrons. The fraction of sp³-hybridized carbons (Fsp3) is 0.375. The minimum Gasteiger partial charge on any atom is -0.387 e. The van der Waals surface area contributed by atoms with Crippen LogP contribution in [0.15, 0.2) is 41.2 Å². The number of benzene rings is 2. The van der Waals surface area contributed by atoms with E-state index in [1.165, 1.54) is 6.07 Å². The largest absolute Gasteiger partial charge is 0.387 e. The molecular formula is C24H27FN4O2. The van der Waals surface area contributed by atoms with Crippen molar-refractivity contribution in [3.8, 4) is 0 Å². The highest BCUT2D eigenvalue weighted by atomic mass is 19.1. The molecule has 0 bridgehead atoms. The molecule has 0 fully saturated rings. The van der Waals surface area contributed by atoms with E-state index in [-0.39, 0.29) is 23.6 Å². The van der Waals surface area contributed by atoms with Crippen LogP contribution in [0, 0.1) is 12.7 Å². The van der Waals surface area contributed by atoms with E-state index in [0.29, 0.717) is 13.0 Å². The first-order valence-corrected chi connectivity index (χ1v) is 10.8. The number of aromatic nitrogens is 3. The fourth-order valence-corrected chi connectivity index (χ4v) is 5.00. The molecule has 162 valence electrons. The molecule has 0 amide bonds. The number of aliphatic hydroxyl groups excluding tert-OH is 1. The number of fused-ring (bicyclic) bond motifs is 1. The summed E-state index contributed by atoms with van der Waals surface area (Å²) in [6, 6.07) is 10.5. The minimum atomic E-state index is -0.695. The Balaban J connectivity index is 1.32. The molecule has 0 saturated heterocycles. The molecule has 1 aliphatic rings. The Labute approximate surface area is 179 Å². The Bertz CT molecular complexity index is 1320. The Morgan fingerprint density at radius 2 is 2.10 bits per heavy atom. The molecule has 3 atom stereocenters. The second kappa shape index (κ2) is 7.66. The molecule has 2 aromatic heterocycles. The highest BCUT2D eigenvalue weighted by molar-refractivity contribution is 5.84. The van der Waals surface area contributed by atoms with Gasteiger partial charge in [0.15, 0.2) is 0 Å². The average molecular weight is 423 g/mol. The topological polar surface area (TPSA) is 85.8 Å². The Kier molecular flexibility index (Phi) is 4.95. The van der Waals surface area contributed by atoms with Crippen molar-refractivity contribution in [3.63, 3.8) is 0 Å². The molecule has 2 aromatic carbocycles. The second-order valence-corrected chi connectivity index (χ2v) is 8.69. The number of aryl methyl sites for hydroxylation is 3. The summed E-state index contributed by atoms with van der Waals surface area (Å²) in [5.74, 6) is -0.228. The molecule has 6 nitrogen and oxygen atoms in total. The summed E-state index contributed by atoms with van der Waals surface area (Å²) in [5, 5.41) is 15.6. The molecule has 7 heteroatoms. The maximum absolute atomic E-state index is 13.7. The molecule has 0 aliphatic carbocycles. The van der Waals surface area contributed by atoms with Gasteiger partial charge in [-0.3, -0.25) is 4.57 Å². The number of hydrogen-bond acceptors (Lipinski definition) is 3. The summed E-state index contributed by atoms with van der Waals surface area (Å²) in [6.07, 6.45) is 1.62. The third-order valence-electron chi connectivity index (χ3n) is 6.59. The summed E-state index contributed by atoms with van der Waals surface area (Å²) in [7, 11) is 0. The third kappa shape index (κ3) is 3.47. The lowest BCUT2D eigenvalue weighted by Gasteiger charge is -2.26. The van der Waals surface area contributed by atoms with Crippen LogP contribution in [-0.4, -0.2) is 31.7 Å². The van der Waals surface area contributed by atoms with Gasteiger partial charge in [-0.15, -0.1) is 0 Å². The van der Waals surface area contributed by atoms with Gasteiger partial charge in [0.25, 0.3) is 0 Å². The zero-order chi connectivity index (χ0) is 21.7. The van der Waals surface area contributed by atoms with Crippen molar-refractivity contribution >= 4 is 21.9 Å².